The first-order valence-corrected chi connectivity index (χ1v) is 7.85. The van der Waals surface area contributed by atoms with E-state index in [9.17, 15) is 13.2 Å². The van der Waals surface area contributed by atoms with E-state index in [0.29, 0.717) is 6.54 Å². The van der Waals surface area contributed by atoms with Gasteiger partial charge in [-0.2, -0.15) is 5.10 Å². The molecular weight excluding hydrogens is 280 g/mol. The number of aromatic nitrogens is 2. The lowest BCUT2D eigenvalue weighted by molar-refractivity contribution is 0.0692. The van der Waals surface area contributed by atoms with Crippen LogP contribution in [0.4, 0.5) is 0 Å². The highest BCUT2D eigenvalue weighted by Gasteiger charge is 2.27. The van der Waals surface area contributed by atoms with Crippen LogP contribution in [0.3, 0.4) is 0 Å². The standard InChI is InChI=1S/C10H15ClN2O4S/c1-3-7(4-2)6-13-9(18(11,16)17)8(5-12-13)10(14)15/h5,7H,3-4,6H2,1-2H3,(H,14,15). The molecule has 8 heteroatoms. The number of halogens is 1. The molecule has 0 aromatic carbocycles. The molecule has 0 aliphatic carbocycles. The molecule has 0 radical (unpaired) electrons. The van der Waals surface area contributed by atoms with E-state index in [1.54, 1.807) is 0 Å². The summed E-state index contributed by atoms with van der Waals surface area (Å²) < 4.78 is 24.0. The highest BCUT2D eigenvalue weighted by Crippen LogP contribution is 2.22. The number of carboxylic acid groups (broad SMARTS) is 1. The van der Waals surface area contributed by atoms with Crippen LogP contribution in [0.1, 0.15) is 37.0 Å². The van der Waals surface area contributed by atoms with Crippen LogP contribution in [-0.4, -0.2) is 29.3 Å². The SMILES string of the molecule is CCC(CC)Cn1ncc(C(=O)O)c1S(=O)(=O)Cl. The lowest BCUT2D eigenvalue weighted by atomic mass is 10.0. The molecule has 0 aliphatic heterocycles. The molecule has 1 heterocycles. The predicted octanol–water partition coefficient (Wildman–Crippen LogP) is 1.95. The van der Waals surface area contributed by atoms with E-state index in [4.69, 9.17) is 15.8 Å². The van der Waals surface area contributed by atoms with Crippen molar-refractivity contribution >= 4 is 25.7 Å². The van der Waals surface area contributed by atoms with E-state index in [0.717, 1.165) is 23.7 Å². The van der Waals surface area contributed by atoms with Gasteiger partial charge in [0, 0.05) is 17.2 Å². The Morgan fingerprint density at radius 2 is 2.06 bits per heavy atom. The molecule has 1 aromatic heterocycles. The van der Waals surface area contributed by atoms with Gasteiger partial charge in [-0.25, -0.2) is 13.2 Å². The van der Waals surface area contributed by atoms with Crippen LogP contribution in [0.15, 0.2) is 11.2 Å². The molecule has 0 atom stereocenters. The van der Waals surface area contributed by atoms with Crippen molar-refractivity contribution in [2.24, 2.45) is 5.92 Å². The van der Waals surface area contributed by atoms with Crippen molar-refractivity contribution in [2.45, 2.75) is 38.3 Å². The third kappa shape index (κ3) is 3.23. The summed E-state index contributed by atoms with van der Waals surface area (Å²) in [5.41, 5.74) is -0.393. The van der Waals surface area contributed by atoms with Crippen LogP contribution < -0.4 is 0 Å². The first-order valence-electron chi connectivity index (χ1n) is 5.55. The Morgan fingerprint density at radius 3 is 2.44 bits per heavy atom. The molecular formula is C10H15ClN2O4S. The third-order valence-corrected chi connectivity index (χ3v) is 4.17. The molecule has 0 aliphatic rings. The first kappa shape index (κ1) is 15.0. The molecule has 102 valence electrons. The highest BCUT2D eigenvalue weighted by atomic mass is 35.7. The van der Waals surface area contributed by atoms with Gasteiger partial charge >= 0.3 is 5.97 Å². The van der Waals surface area contributed by atoms with Gasteiger partial charge in [0.1, 0.15) is 5.56 Å². The van der Waals surface area contributed by atoms with E-state index >= 15 is 0 Å². The molecule has 0 fully saturated rings. The summed E-state index contributed by atoms with van der Waals surface area (Å²) in [5.74, 6) is -1.13. The molecule has 1 rings (SSSR count). The number of rotatable bonds is 6. The fourth-order valence-electron chi connectivity index (χ4n) is 1.70. The molecule has 6 nitrogen and oxygen atoms in total. The maximum absolute atomic E-state index is 11.4. The fourth-order valence-corrected chi connectivity index (χ4v) is 2.96. The smallest absolute Gasteiger partial charge is 0.340 e. The normalized spacial score (nSPS) is 12.0. The summed E-state index contributed by atoms with van der Waals surface area (Å²) in [6.07, 6.45) is 2.71. The Morgan fingerprint density at radius 1 is 1.50 bits per heavy atom. The molecule has 0 unspecified atom stereocenters. The van der Waals surface area contributed by atoms with Gasteiger partial charge in [0.2, 0.25) is 0 Å². The van der Waals surface area contributed by atoms with Gasteiger partial charge in [-0.1, -0.05) is 26.7 Å². The number of aromatic carboxylic acids is 1. The Kier molecular flexibility index (Phi) is 4.75. The van der Waals surface area contributed by atoms with Crippen LogP contribution >= 0.6 is 10.7 Å². The zero-order valence-corrected chi connectivity index (χ0v) is 11.7. The van der Waals surface area contributed by atoms with Gasteiger partial charge in [0.05, 0.1) is 6.20 Å². The van der Waals surface area contributed by atoms with E-state index < -0.39 is 25.6 Å². The van der Waals surface area contributed by atoms with E-state index in [2.05, 4.69) is 5.10 Å². The summed E-state index contributed by atoms with van der Waals surface area (Å²) in [7, 11) is 1.14. The van der Waals surface area contributed by atoms with Crippen molar-refractivity contribution < 1.29 is 18.3 Å². The molecule has 18 heavy (non-hydrogen) atoms. The molecule has 1 N–H and O–H groups in total. The van der Waals surface area contributed by atoms with Crippen LogP contribution in [0.5, 0.6) is 0 Å². The molecule has 1 aromatic rings. The quantitative estimate of drug-likeness (QED) is 0.810. The minimum atomic E-state index is -4.14. The maximum atomic E-state index is 11.4. The topological polar surface area (TPSA) is 89.3 Å². The van der Waals surface area contributed by atoms with Crippen molar-refractivity contribution in [3.8, 4) is 0 Å². The summed E-state index contributed by atoms with van der Waals surface area (Å²) in [5, 5.41) is 12.3. The van der Waals surface area contributed by atoms with Crippen molar-refractivity contribution in [1.82, 2.24) is 9.78 Å². The van der Waals surface area contributed by atoms with Gasteiger partial charge in [-0.15, -0.1) is 0 Å². The molecule has 0 saturated carbocycles. The Balaban J connectivity index is 3.26. The second-order valence-electron chi connectivity index (χ2n) is 3.97. The van der Waals surface area contributed by atoms with Gasteiger partial charge in [0.15, 0.2) is 5.03 Å². The van der Waals surface area contributed by atoms with Crippen molar-refractivity contribution in [1.29, 1.82) is 0 Å². The predicted molar refractivity (Wildman–Crippen MR) is 66.3 cm³/mol. The maximum Gasteiger partial charge on any atom is 0.340 e. The lowest BCUT2D eigenvalue weighted by Crippen LogP contribution is -2.15. The summed E-state index contributed by atoms with van der Waals surface area (Å²) in [6, 6.07) is 0. The van der Waals surface area contributed by atoms with Crippen LogP contribution in [-0.2, 0) is 15.6 Å². The van der Waals surface area contributed by atoms with Crippen LogP contribution in [0.25, 0.3) is 0 Å². The molecule has 0 saturated heterocycles. The second kappa shape index (κ2) is 5.71. The number of hydrogen-bond donors (Lipinski definition) is 1. The Bertz CT molecular complexity index is 534. The van der Waals surface area contributed by atoms with E-state index in [1.807, 2.05) is 13.8 Å². The lowest BCUT2D eigenvalue weighted by Gasteiger charge is -2.13. The zero-order chi connectivity index (χ0) is 13.9. The molecule has 0 amide bonds. The average molecular weight is 295 g/mol. The first-order chi connectivity index (χ1) is 8.31. The van der Waals surface area contributed by atoms with Crippen LogP contribution in [0, 0.1) is 5.92 Å². The molecule has 0 spiro atoms. The molecule has 0 bridgehead atoms. The Labute approximate surface area is 110 Å². The zero-order valence-electron chi connectivity index (χ0n) is 10.1. The van der Waals surface area contributed by atoms with Crippen molar-refractivity contribution in [3.05, 3.63) is 11.8 Å². The van der Waals surface area contributed by atoms with E-state index in [-0.39, 0.29) is 5.92 Å². The number of carbonyl (C=O) groups is 1. The van der Waals surface area contributed by atoms with Crippen LogP contribution in [0.2, 0.25) is 0 Å². The number of carboxylic acids is 1. The fraction of sp³-hybridized carbons (Fsp3) is 0.600. The number of nitrogens with zero attached hydrogens (tertiary/aromatic N) is 2. The summed E-state index contributed by atoms with van der Waals surface area (Å²) in [6.45, 7) is 4.29. The van der Waals surface area contributed by atoms with Gasteiger partial charge in [-0.05, 0) is 5.92 Å². The number of hydrogen-bond acceptors (Lipinski definition) is 4. The minimum absolute atomic E-state index is 0.226. The van der Waals surface area contributed by atoms with Gasteiger partial charge in [-0.3, -0.25) is 4.68 Å². The van der Waals surface area contributed by atoms with Gasteiger partial charge in [0.25, 0.3) is 9.05 Å². The minimum Gasteiger partial charge on any atom is -0.478 e. The van der Waals surface area contributed by atoms with Crippen molar-refractivity contribution in [2.75, 3.05) is 0 Å². The largest absolute Gasteiger partial charge is 0.478 e. The Hall–Kier alpha value is -1.08. The summed E-state index contributed by atoms with van der Waals surface area (Å²) >= 11 is 0. The average Bonchev–Trinajstić information content (AvgIpc) is 2.69. The van der Waals surface area contributed by atoms with Crippen molar-refractivity contribution in [3.63, 3.8) is 0 Å². The monoisotopic (exact) mass is 294 g/mol. The second-order valence-corrected chi connectivity index (χ2v) is 6.45. The van der Waals surface area contributed by atoms with Gasteiger partial charge < -0.3 is 5.11 Å². The third-order valence-electron chi connectivity index (χ3n) is 2.84. The summed E-state index contributed by atoms with van der Waals surface area (Å²) in [4.78, 5) is 10.9. The van der Waals surface area contributed by atoms with E-state index in [1.165, 1.54) is 0 Å². The highest BCUT2D eigenvalue weighted by molar-refractivity contribution is 8.13.